The summed E-state index contributed by atoms with van der Waals surface area (Å²) in [5, 5.41) is 0.489. The molecule has 188 valence electrons. The molecule has 0 N–H and O–H groups in total. The quantitative estimate of drug-likeness (QED) is 0.259. The first-order valence-corrected chi connectivity index (χ1v) is 12.7. The number of carbonyl (C=O) groups is 1. The van der Waals surface area contributed by atoms with Crippen LogP contribution in [-0.2, 0) is 13.2 Å². The van der Waals surface area contributed by atoms with Gasteiger partial charge in [0.1, 0.15) is 17.9 Å². The third kappa shape index (κ3) is 4.26. The third-order valence-corrected chi connectivity index (χ3v) is 7.20. The molecule has 1 aromatic heterocycles. The van der Waals surface area contributed by atoms with E-state index in [-0.39, 0.29) is 17.1 Å². The molecular weight excluding hydrogens is 474 g/mol. The van der Waals surface area contributed by atoms with Crippen molar-refractivity contribution < 1.29 is 13.9 Å². The minimum Gasteiger partial charge on any atom is -0.489 e. The maximum Gasteiger partial charge on any atom is 0.291 e. The van der Waals surface area contributed by atoms with Crippen molar-refractivity contribution in [3.63, 3.8) is 0 Å². The normalized spacial score (nSPS) is 14.6. The van der Waals surface area contributed by atoms with Crippen LogP contribution in [0.25, 0.3) is 11.0 Å². The first-order valence-electron chi connectivity index (χ1n) is 12.7. The number of ether oxygens (including phenoxy) is 1. The molecule has 0 saturated carbocycles. The van der Waals surface area contributed by atoms with Crippen LogP contribution in [0.4, 0.5) is 0 Å². The van der Waals surface area contributed by atoms with Crippen LogP contribution in [0.15, 0.2) is 106 Å². The molecule has 38 heavy (non-hydrogen) atoms. The zero-order valence-electron chi connectivity index (χ0n) is 21.3. The highest BCUT2D eigenvalue weighted by Gasteiger charge is 2.42. The predicted octanol–water partition coefficient (Wildman–Crippen LogP) is 6.73. The summed E-state index contributed by atoms with van der Waals surface area (Å²) >= 11 is 0. The lowest BCUT2D eigenvalue weighted by atomic mass is 9.97. The highest BCUT2D eigenvalue weighted by molar-refractivity contribution is 5.99. The van der Waals surface area contributed by atoms with Gasteiger partial charge < -0.3 is 14.1 Å². The molecule has 0 saturated heterocycles. The number of benzene rings is 4. The summed E-state index contributed by atoms with van der Waals surface area (Å²) in [4.78, 5) is 29.4. The summed E-state index contributed by atoms with van der Waals surface area (Å²) in [5.41, 5.74) is 5.48. The van der Waals surface area contributed by atoms with Crippen molar-refractivity contribution in [2.24, 2.45) is 0 Å². The van der Waals surface area contributed by atoms with E-state index in [4.69, 9.17) is 9.15 Å². The maximum absolute atomic E-state index is 13.9. The second kappa shape index (κ2) is 9.67. The Hall–Kier alpha value is -4.64. The number of rotatable bonds is 6. The van der Waals surface area contributed by atoms with Crippen LogP contribution in [0.1, 0.15) is 50.0 Å². The summed E-state index contributed by atoms with van der Waals surface area (Å²) < 4.78 is 12.3. The fraction of sp³-hybridized carbons (Fsp3) is 0.152. The van der Waals surface area contributed by atoms with Crippen LogP contribution in [0.2, 0.25) is 0 Å². The molecule has 2 heterocycles. The van der Waals surface area contributed by atoms with Crippen LogP contribution < -0.4 is 10.2 Å². The van der Waals surface area contributed by atoms with E-state index in [1.54, 1.807) is 4.90 Å². The average molecular weight is 502 g/mol. The number of hydrogen-bond acceptors (Lipinski definition) is 4. The van der Waals surface area contributed by atoms with Crippen LogP contribution in [-0.4, -0.2) is 10.8 Å². The van der Waals surface area contributed by atoms with Gasteiger partial charge in [0.2, 0.25) is 5.76 Å². The molecule has 0 radical (unpaired) electrons. The van der Waals surface area contributed by atoms with Gasteiger partial charge in [0, 0.05) is 6.54 Å². The molecular formula is C33H27NO4. The number of carbonyl (C=O) groups excluding carboxylic acids is 1. The summed E-state index contributed by atoms with van der Waals surface area (Å²) in [5.74, 6) is 0.493. The van der Waals surface area contributed by atoms with Gasteiger partial charge in [-0.25, -0.2) is 0 Å². The van der Waals surface area contributed by atoms with Gasteiger partial charge >= 0.3 is 0 Å². The molecule has 1 aliphatic rings. The van der Waals surface area contributed by atoms with E-state index in [1.165, 1.54) is 0 Å². The fourth-order valence-corrected chi connectivity index (χ4v) is 5.08. The van der Waals surface area contributed by atoms with E-state index in [0.29, 0.717) is 35.4 Å². The first kappa shape index (κ1) is 23.7. The Morgan fingerprint density at radius 3 is 2.21 bits per heavy atom. The lowest BCUT2D eigenvalue weighted by Gasteiger charge is -2.25. The Balaban J connectivity index is 1.46. The zero-order chi connectivity index (χ0) is 26.2. The van der Waals surface area contributed by atoms with Gasteiger partial charge in [-0.05, 0) is 65.9 Å². The monoisotopic (exact) mass is 501 g/mol. The van der Waals surface area contributed by atoms with E-state index < -0.39 is 6.04 Å². The molecule has 5 nitrogen and oxygen atoms in total. The molecule has 5 heteroatoms. The molecule has 4 aromatic carbocycles. The second-order valence-corrected chi connectivity index (χ2v) is 9.77. The van der Waals surface area contributed by atoms with Crippen molar-refractivity contribution in [3.8, 4) is 5.75 Å². The SMILES string of the molecule is Cc1cc2oc3c(c(=O)c2cc1C)C(c1cccc(OCc2ccccc2)c1)N(Cc1ccccc1)C3=O. The van der Waals surface area contributed by atoms with Crippen LogP contribution in [0.5, 0.6) is 5.75 Å². The van der Waals surface area contributed by atoms with Gasteiger partial charge in [0.25, 0.3) is 5.91 Å². The van der Waals surface area contributed by atoms with E-state index in [0.717, 1.165) is 27.8 Å². The van der Waals surface area contributed by atoms with Crippen molar-refractivity contribution >= 4 is 16.9 Å². The van der Waals surface area contributed by atoms with E-state index in [2.05, 4.69) is 0 Å². The predicted molar refractivity (Wildman–Crippen MR) is 147 cm³/mol. The molecule has 5 aromatic rings. The third-order valence-electron chi connectivity index (χ3n) is 7.20. The van der Waals surface area contributed by atoms with Crippen LogP contribution >= 0.6 is 0 Å². The Kier molecular flexibility index (Phi) is 6.04. The minimum atomic E-state index is -0.597. The summed E-state index contributed by atoms with van der Waals surface area (Å²) in [7, 11) is 0. The number of nitrogens with zero attached hydrogens (tertiary/aromatic N) is 1. The lowest BCUT2D eigenvalue weighted by molar-refractivity contribution is 0.0714. The molecule has 1 atom stereocenters. The zero-order valence-corrected chi connectivity index (χ0v) is 21.3. The summed E-state index contributed by atoms with van der Waals surface area (Å²) in [6.07, 6.45) is 0. The molecule has 1 amide bonds. The second-order valence-electron chi connectivity index (χ2n) is 9.77. The van der Waals surface area contributed by atoms with Crippen molar-refractivity contribution in [3.05, 3.63) is 146 Å². The van der Waals surface area contributed by atoms with Crippen LogP contribution in [0.3, 0.4) is 0 Å². The van der Waals surface area contributed by atoms with Crippen molar-refractivity contribution in [1.82, 2.24) is 4.90 Å². The molecule has 1 unspecified atom stereocenters. The molecule has 0 fully saturated rings. The summed E-state index contributed by atoms with van der Waals surface area (Å²) in [6.45, 7) is 4.70. The summed E-state index contributed by atoms with van der Waals surface area (Å²) in [6, 6.07) is 30.5. The van der Waals surface area contributed by atoms with Gasteiger partial charge in [0.05, 0.1) is 17.0 Å². The Morgan fingerprint density at radius 2 is 1.47 bits per heavy atom. The highest BCUT2D eigenvalue weighted by Crippen LogP contribution is 2.40. The first-order chi connectivity index (χ1) is 18.5. The highest BCUT2D eigenvalue weighted by atomic mass is 16.5. The number of hydrogen-bond donors (Lipinski definition) is 0. The fourth-order valence-electron chi connectivity index (χ4n) is 5.08. The van der Waals surface area contributed by atoms with Gasteiger partial charge in [-0.3, -0.25) is 9.59 Å². The van der Waals surface area contributed by atoms with E-state index in [9.17, 15) is 9.59 Å². The Labute approximate surface area is 220 Å². The Bertz CT molecular complexity index is 1710. The standard InChI is InChI=1S/C33H27NO4/c1-21-16-27-28(17-22(21)2)38-32-29(31(27)35)30(34(33(32)36)19-23-10-5-3-6-11-23)25-14-9-15-26(18-25)37-20-24-12-7-4-8-13-24/h3-18,30H,19-20H2,1-2H3. The van der Waals surface area contributed by atoms with Gasteiger partial charge in [-0.15, -0.1) is 0 Å². The smallest absolute Gasteiger partial charge is 0.291 e. The van der Waals surface area contributed by atoms with Crippen molar-refractivity contribution in [1.29, 1.82) is 0 Å². The lowest BCUT2D eigenvalue weighted by Crippen LogP contribution is -2.29. The molecule has 1 aliphatic heterocycles. The maximum atomic E-state index is 13.9. The largest absolute Gasteiger partial charge is 0.489 e. The van der Waals surface area contributed by atoms with Gasteiger partial charge in [0.15, 0.2) is 5.43 Å². The van der Waals surface area contributed by atoms with Crippen molar-refractivity contribution in [2.75, 3.05) is 0 Å². The topological polar surface area (TPSA) is 59.8 Å². The average Bonchev–Trinajstić information content (AvgIpc) is 3.21. The number of amides is 1. The molecule has 0 bridgehead atoms. The van der Waals surface area contributed by atoms with E-state index >= 15 is 0 Å². The molecule has 0 spiro atoms. The molecule has 0 aliphatic carbocycles. The minimum absolute atomic E-state index is 0.113. The number of aryl methyl sites for hydroxylation is 2. The Morgan fingerprint density at radius 1 is 0.789 bits per heavy atom. The number of fused-ring (bicyclic) bond motifs is 2. The van der Waals surface area contributed by atoms with Crippen LogP contribution in [0, 0.1) is 13.8 Å². The van der Waals surface area contributed by atoms with Gasteiger partial charge in [-0.1, -0.05) is 72.8 Å². The van der Waals surface area contributed by atoms with Crippen molar-refractivity contribution in [2.45, 2.75) is 33.0 Å². The molecule has 6 rings (SSSR count). The van der Waals surface area contributed by atoms with Gasteiger partial charge in [-0.2, -0.15) is 0 Å². The van der Waals surface area contributed by atoms with E-state index in [1.807, 2.05) is 111 Å².